The third-order valence-corrected chi connectivity index (χ3v) is 2.23. The van der Waals surface area contributed by atoms with Gasteiger partial charge in [-0.1, -0.05) is 0 Å². The van der Waals surface area contributed by atoms with Gasteiger partial charge in [-0.15, -0.1) is 0 Å². The predicted octanol–water partition coefficient (Wildman–Crippen LogP) is 2.45. The lowest BCUT2D eigenvalue weighted by molar-refractivity contribution is 0.447. The van der Waals surface area contributed by atoms with E-state index in [2.05, 4.69) is 10.4 Å². The summed E-state index contributed by atoms with van der Waals surface area (Å²) in [6, 6.07) is 3.58. The first-order valence-corrected chi connectivity index (χ1v) is 4.93. The van der Waals surface area contributed by atoms with Gasteiger partial charge in [0.2, 0.25) is 0 Å². The Bertz CT molecular complexity index is 514. The number of hydrogen-bond acceptors (Lipinski definition) is 2. The molecule has 1 N–H and O–H groups in total. The molecule has 0 spiro atoms. The lowest BCUT2D eigenvalue weighted by Gasteiger charge is -2.05. The van der Waals surface area contributed by atoms with Gasteiger partial charge in [0, 0.05) is 31.1 Å². The lowest BCUT2D eigenvalue weighted by atomic mass is 10.2. The van der Waals surface area contributed by atoms with E-state index in [0.29, 0.717) is 6.54 Å². The van der Waals surface area contributed by atoms with E-state index >= 15 is 0 Å². The van der Waals surface area contributed by atoms with Crippen molar-refractivity contribution in [2.24, 2.45) is 7.05 Å². The van der Waals surface area contributed by atoms with E-state index in [1.807, 2.05) is 0 Å². The van der Waals surface area contributed by atoms with Crippen LogP contribution in [0.5, 0.6) is 0 Å². The van der Waals surface area contributed by atoms with Gasteiger partial charge in [-0.3, -0.25) is 4.68 Å². The monoisotopic (exact) mass is 241 g/mol. The lowest BCUT2D eigenvalue weighted by Crippen LogP contribution is -2.03. The van der Waals surface area contributed by atoms with E-state index in [0.717, 1.165) is 17.8 Å². The second-order valence-electron chi connectivity index (χ2n) is 3.59. The van der Waals surface area contributed by atoms with E-state index in [1.54, 1.807) is 24.0 Å². The molecule has 0 fully saturated rings. The molecule has 1 aromatic heterocycles. The van der Waals surface area contributed by atoms with Gasteiger partial charge in [0.1, 0.15) is 0 Å². The Labute approximate surface area is 95.9 Å². The zero-order chi connectivity index (χ0) is 12.4. The van der Waals surface area contributed by atoms with Gasteiger partial charge in [-0.2, -0.15) is 5.10 Å². The predicted molar refractivity (Wildman–Crippen MR) is 56.9 cm³/mol. The molecular formula is C11H10F3N3. The molecule has 6 heteroatoms. The fourth-order valence-corrected chi connectivity index (χ4v) is 1.41. The highest BCUT2D eigenvalue weighted by molar-refractivity contribution is 5.44. The van der Waals surface area contributed by atoms with E-state index in [9.17, 15) is 13.2 Å². The third-order valence-electron chi connectivity index (χ3n) is 2.23. The van der Waals surface area contributed by atoms with Gasteiger partial charge in [-0.25, -0.2) is 13.2 Å². The van der Waals surface area contributed by atoms with Crippen molar-refractivity contribution >= 4 is 5.69 Å². The molecule has 0 radical (unpaired) electrons. The van der Waals surface area contributed by atoms with Crippen molar-refractivity contribution in [3.8, 4) is 0 Å². The molecule has 0 amide bonds. The average molecular weight is 241 g/mol. The molecule has 2 aromatic rings. The van der Waals surface area contributed by atoms with Gasteiger partial charge in [0.15, 0.2) is 17.5 Å². The van der Waals surface area contributed by atoms with Crippen LogP contribution in [0.4, 0.5) is 18.9 Å². The highest BCUT2D eigenvalue weighted by Crippen LogP contribution is 2.17. The van der Waals surface area contributed by atoms with Gasteiger partial charge >= 0.3 is 0 Å². The molecule has 1 aromatic carbocycles. The first kappa shape index (κ1) is 11.5. The Morgan fingerprint density at radius 1 is 1.24 bits per heavy atom. The number of aromatic nitrogens is 2. The highest BCUT2D eigenvalue weighted by Gasteiger charge is 2.10. The van der Waals surface area contributed by atoms with Crippen molar-refractivity contribution in [3.05, 3.63) is 47.5 Å². The summed E-state index contributed by atoms with van der Waals surface area (Å²) in [7, 11) is 1.76. The maximum atomic E-state index is 12.9. The fourth-order valence-electron chi connectivity index (χ4n) is 1.41. The minimum atomic E-state index is -1.46. The molecule has 0 unspecified atom stereocenters. The average Bonchev–Trinajstić information content (AvgIpc) is 2.69. The quantitative estimate of drug-likeness (QED) is 0.836. The number of halogens is 3. The Hall–Kier alpha value is -1.98. The molecule has 17 heavy (non-hydrogen) atoms. The first-order valence-electron chi connectivity index (χ1n) is 4.93. The molecule has 0 aliphatic rings. The fraction of sp³-hybridized carbons (Fsp3) is 0.182. The van der Waals surface area contributed by atoms with Crippen molar-refractivity contribution in [1.82, 2.24) is 9.78 Å². The summed E-state index contributed by atoms with van der Waals surface area (Å²) >= 11 is 0. The largest absolute Gasteiger partial charge is 0.379 e. The topological polar surface area (TPSA) is 29.9 Å². The van der Waals surface area contributed by atoms with Crippen LogP contribution in [0.15, 0.2) is 24.4 Å². The Morgan fingerprint density at radius 3 is 2.41 bits per heavy atom. The maximum absolute atomic E-state index is 12.9. The normalized spacial score (nSPS) is 10.6. The number of benzene rings is 1. The van der Waals surface area contributed by atoms with Crippen LogP contribution in [0.1, 0.15) is 5.69 Å². The van der Waals surface area contributed by atoms with E-state index < -0.39 is 17.5 Å². The first-order chi connectivity index (χ1) is 8.06. The molecule has 3 nitrogen and oxygen atoms in total. The number of nitrogens with zero attached hydrogens (tertiary/aromatic N) is 2. The third kappa shape index (κ3) is 2.58. The molecular weight excluding hydrogens is 231 g/mol. The molecule has 0 atom stereocenters. The van der Waals surface area contributed by atoms with Gasteiger partial charge in [0.05, 0.1) is 12.2 Å². The molecule has 0 bridgehead atoms. The van der Waals surface area contributed by atoms with Gasteiger partial charge in [-0.05, 0) is 6.07 Å². The van der Waals surface area contributed by atoms with E-state index in [-0.39, 0.29) is 5.69 Å². The summed E-state index contributed by atoms with van der Waals surface area (Å²) in [6.45, 7) is 0.311. The number of anilines is 1. The second kappa shape index (κ2) is 4.48. The molecule has 0 aliphatic heterocycles. The summed E-state index contributed by atoms with van der Waals surface area (Å²) in [5.41, 5.74) is 0.893. The summed E-state index contributed by atoms with van der Waals surface area (Å²) in [5, 5.41) is 6.84. The minimum Gasteiger partial charge on any atom is -0.379 e. The number of nitrogens with one attached hydrogen (secondary N) is 1. The van der Waals surface area contributed by atoms with Crippen molar-refractivity contribution in [2.45, 2.75) is 6.54 Å². The number of aryl methyl sites for hydroxylation is 1. The van der Waals surface area contributed by atoms with Crippen LogP contribution < -0.4 is 5.32 Å². The van der Waals surface area contributed by atoms with Crippen molar-refractivity contribution in [2.75, 3.05) is 5.32 Å². The van der Waals surface area contributed by atoms with E-state index in [4.69, 9.17) is 0 Å². The SMILES string of the molecule is Cn1ccc(CNc2cc(F)c(F)c(F)c2)n1. The van der Waals surface area contributed by atoms with Crippen LogP contribution in [0.25, 0.3) is 0 Å². The molecule has 1 heterocycles. The van der Waals surface area contributed by atoms with Crippen molar-refractivity contribution in [1.29, 1.82) is 0 Å². The van der Waals surface area contributed by atoms with Crippen LogP contribution in [0, 0.1) is 17.5 Å². The van der Waals surface area contributed by atoms with Gasteiger partial charge in [0.25, 0.3) is 0 Å². The van der Waals surface area contributed by atoms with E-state index in [1.165, 1.54) is 0 Å². The zero-order valence-corrected chi connectivity index (χ0v) is 9.04. The highest BCUT2D eigenvalue weighted by atomic mass is 19.2. The van der Waals surface area contributed by atoms with Crippen LogP contribution in [-0.4, -0.2) is 9.78 Å². The van der Waals surface area contributed by atoms with Gasteiger partial charge < -0.3 is 5.32 Å². The summed E-state index contributed by atoms with van der Waals surface area (Å²) in [6.07, 6.45) is 1.75. The smallest absolute Gasteiger partial charge is 0.194 e. The molecule has 0 saturated heterocycles. The molecule has 2 rings (SSSR count). The van der Waals surface area contributed by atoms with Crippen LogP contribution >= 0.6 is 0 Å². The number of rotatable bonds is 3. The second-order valence-corrected chi connectivity index (χ2v) is 3.59. The molecule has 0 aliphatic carbocycles. The molecule has 0 saturated carbocycles. The van der Waals surface area contributed by atoms with Crippen LogP contribution in [0.3, 0.4) is 0 Å². The van der Waals surface area contributed by atoms with Crippen LogP contribution in [-0.2, 0) is 13.6 Å². The number of hydrogen-bond donors (Lipinski definition) is 1. The van der Waals surface area contributed by atoms with Crippen LogP contribution in [0.2, 0.25) is 0 Å². The summed E-state index contributed by atoms with van der Waals surface area (Å²) in [4.78, 5) is 0. The molecule has 90 valence electrons. The minimum absolute atomic E-state index is 0.173. The Balaban J connectivity index is 2.09. The maximum Gasteiger partial charge on any atom is 0.194 e. The van der Waals surface area contributed by atoms with Crippen molar-refractivity contribution in [3.63, 3.8) is 0 Å². The standard InChI is InChI=1S/C11H10F3N3/c1-17-3-2-7(16-17)6-15-8-4-9(12)11(14)10(13)5-8/h2-5,15H,6H2,1H3. The Kier molecular flexibility index (Phi) is 3.03. The zero-order valence-electron chi connectivity index (χ0n) is 9.04. The summed E-state index contributed by atoms with van der Waals surface area (Å²) in [5.74, 6) is -3.89. The Morgan fingerprint density at radius 2 is 1.88 bits per heavy atom. The van der Waals surface area contributed by atoms with Crippen molar-refractivity contribution < 1.29 is 13.2 Å². The summed E-state index contributed by atoms with van der Waals surface area (Å²) < 4.78 is 40.1.